The van der Waals surface area contributed by atoms with Crippen LogP contribution in [0.5, 0.6) is 5.75 Å². The van der Waals surface area contributed by atoms with Crippen LogP contribution in [0.3, 0.4) is 0 Å². The number of hydrogen-bond donors (Lipinski definition) is 3. The number of nitrogens with zero attached hydrogens (tertiary/aromatic N) is 6. The Morgan fingerprint density at radius 2 is 2.00 bits per heavy atom. The lowest BCUT2D eigenvalue weighted by Gasteiger charge is -2.45. The zero-order valence-corrected chi connectivity index (χ0v) is 20.0. The van der Waals surface area contributed by atoms with Gasteiger partial charge in [-0.3, -0.25) is 10.2 Å². The van der Waals surface area contributed by atoms with Crippen LogP contribution in [0.4, 0.5) is 35.4 Å². The van der Waals surface area contributed by atoms with Gasteiger partial charge in [0.1, 0.15) is 12.7 Å². The minimum atomic E-state index is -4.52. The summed E-state index contributed by atoms with van der Waals surface area (Å²) in [7, 11) is 0. The number of aromatic nitrogens is 4. The normalized spacial score (nSPS) is 17.6. The Morgan fingerprint density at radius 3 is 2.74 bits per heavy atom. The first-order valence-corrected chi connectivity index (χ1v) is 11.9. The molecule has 1 saturated heterocycles. The molecule has 2 aliphatic rings. The van der Waals surface area contributed by atoms with Crippen LogP contribution in [0.1, 0.15) is 18.4 Å². The number of benzene rings is 1. The molecule has 2 atom stereocenters. The van der Waals surface area contributed by atoms with Gasteiger partial charge in [-0.25, -0.2) is 24.7 Å². The lowest BCUT2D eigenvalue weighted by Crippen LogP contribution is -2.56. The number of rotatable bonds is 6. The van der Waals surface area contributed by atoms with E-state index in [4.69, 9.17) is 9.84 Å². The number of fused-ring (bicyclic) bond motifs is 4. The molecule has 11 nitrogen and oxygen atoms in total. The van der Waals surface area contributed by atoms with Gasteiger partial charge >= 0.3 is 12.2 Å². The third kappa shape index (κ3) is 5.31. The Balaban J connectivity index is 1.41. The first kappa shape index (κ1) is 25.6. The predicted molar refractivity (Wildman–Crippen MR) is 130 cm³/mol. The zero-order valence-electron chi connectivity index (χ0n) is 20.0. The van der Waals surface area contributed by atoms with Gasteiger partial charge in [0.15, 0.2) is 17.4 Å². The minimum absolute atomic E-state index is 0.00277. The van der Waals surface area contributed by atoms with Gasteiger partial charge in [0.25, 0.3) is 0 Å². The van der Waals surface area contributed by atoms with Crippen molar-refractivity contribution in [2.24, 2.45) is 0 Å². The quantitative estimate of drug-likeness (QED) is 0.439. The number of carbonyl (C=O) groups is 1. The molecule has 14 heteroatoms. The molecule has 0 saturated carbocycles. The fourth-order valence-corrected chi connectivity index (χ4v) is 4.42. The van der Waals surface area contributed by atoms with Crippen molar-refractivity contribution in [1.29, 1.82) is 0 Å². The minimum Gasteiger partial charge on any atom is -0.488 e. The van der Waals surface area contributed by atoms with Crippen LogP contribution in [-0.4, -0.2) is 74.6 Å². The van der Waals surface area contributed by atoms with Crippen LogP contribution in [0.2, 0.25) is 0 Å². The SMILES string of the molecule is O=C(Nc1ncc(OC[C@@H](O)CO)cn1)N1c2nc(-c3cccc(C(F)(F)F)c3)ncc2N2CCC[C@H]1C2. The van der Waals surface area contributed by atoms with Crippen molar-refractivity contribution in [1.82, 2.24) is 19.9 Å². The number of alkyl halides is 3. The third-order valence-corrected chi connectivity index (χ3v) is 6.25. The van der Waals surface area contributed by atoms with Crippen molar-refractivity contribution in [3.63, 3.8) is 0 Å². The van der Waals surface area contributed by atoms with Gasteiger partial charge in [-0.1, -0.05) is 12.1 Å². The lowest BCUT2D eigenvalue weighted by atomic mass is 10.0. The Bertz CT molecular complexity index is 1310. The molecule has 38 heavy (non-hydrogen) atoms. The van der Waals surface area contributed by atoms with Crippen molar-refractivity contribution >= 4 is 23.5 Å². The molecular formula is C24H24F3N7O4. The fourth-order valence-electron chi connectivity index (χ4n) is 4.42. The van der Waals surface area contributed by atoms with E-state index in [1.54, 1.807) is 0 Å². The summed E-state index contributed by atoms with van der Waals surface area (Å²) in [4.78, 5) is 33.9. The van der Waals surface area contributed by atoms with Gasteiger partial charge in [-0.15, -0.1) is 0 Å². The second-order valence-corrected chi connectivity index (χ2v) is 8.91. The number of piperidine rings is 1. The summed E-state index contributed by atoms with van der Waals surface area (Å²) in [6, 6.07) is 3.97. The molecule has 0 aliphatic carbocycles. The summed E-state index contributed by atoms with van der Waals surface area (Å²) in [6.07, 6.45) is 0.145. The van der Waals surface area contributed by atoms with Crippen LogP contribution in [0.15, 0.2) is 42.9 Å². The van der Waals surface area contributed by atoms with Gasteiger partial charge in [-0.2, -0.15) is 13.2 Å². The van der Waals surface area contributed by atoms with Gasteiger partial charge in [0.2, 0.25) is 5.95 Å². The highest BCUT2D eigenvalue weighted by molar-refractivity contribution is 6.03. The number of nitrogens with one attached hydrogen (secondary N) is 1. The molecule has 0 radical (unpaired) electrons. The molecule has 1 fully saturated rings. The van der Waals surface area contributed by atoms with E-state index in [-0.39, 0.29) is 35.7 Å². The van der Waals surface area contributed by atoms with Crippen molar-refractivity contribution in [3.05, 3.63) is 48.4 Å². The largest absolute Gasteiger partial charge is 0.488 e. The fraction of sp³-hybridized carbons (Fsp3) is 0.375. The highest BCUT2D eigenvalue weighted by Crippen LogP contribution is 2.39. The maximum absolute atomic E-state index is 13.4. The summed E-state index contributed by atoms with van der Waals surface area (Å²) in [5, 5.41) is 20.9. The number of urea groups is 1. The first-order chi connectivity index (χ1) is 18.2. The first-order valence-electron chi connectivity index (χ1n) is 11.9. The number of halogens is 3. The lowest BCUT2D eigenvalue weighted by molar-refractivity contribution is -0.137. The van der Waals surface area contributed by atoms with E-state index in [1.807, 2.05) is 0 Å². The summed E-state index contributed by atoms with van der Waals surface area (Å²) in [5.74, 6) is 0.590. The smallest absolute Gasteiger partial charge is 0.416 e. The second kappa shape index (κ2) is 10.4. The van der Waals surface area contributed by atoms with Crippen molar-refractivity contribution in [2.75, 3.05) is 41.4 Å². The molecule has 2 aromatic heterocycles. The Kier molecular flexibility index (Phi) is 6.99. The maximum atomic E-state index is 13.4. The Morgan fingerprint density at radius 1 is 1.21 bits per heavy atom. The highest BCUT2D eigenvalue weighted by Gasteiger charge is 2.39. The molecule has 4 heterocycles. The molecule has 200 valence electrons. The molecular weight excluding hydrogens is 507 g/mol. The van der Waals surface area contributed by atoms with E-state index < -0.39 is 30.5 Å². The van der Waals surface area contributed by atoms with Crippen LogP contribution in [0, 0.1) is 0 Å². The molecule has 3 N–H and O–H groups in total. The molecule has 2 amide bonds. The van der Waals surface area contributed by atoms with Crippen LogP contribution < -0.4 is 19.9 Å². The van der Waals surface area contributed by atoms with Crippen LogP contribution >= 0.6 is 0 Å². The van der Waals surface area contributed by atoms with Gasteiger partial charge in [0, 0.05) is 18.7 Å². The number of hydrogen-bond acceptors (Lipinski definition) is 9. The molecule has 3 aromatic rings. The number of ether oxygens (including phenoxy) is 1. The summed E-state index contributed by atoms with van der Waals surface area (Å²) < 4.78 is 45.0. The van der Waals surface area contributed by atoms with Crippen molar-refractivity contribution in [3.8, 4) is 17.1 Å². The topological polar surface area (TPSA) is 137 Å². The number of anilines is 3. The van der Waals surface area contributed by atoms with E-state index >= 15 is 0 Å². The summed E-state index contributed by atoms with van der Waals surface area (Å²) >= 11 is 0. The zero-order chi connectivity index (χ0) is 26.9. The molecule has 1 aromatic carbocycles. The van der Waals surface area contributed by atoms with E-state index in [2.05, 4.69) is 30.2 Å². The molecule has 2 bridgehead atoms. The molecule has 5 rings (SSSR count). The third-order valence-electron chi connectivity index (χ3n) is 6.25. The summed E-state index contributed by atoms with van der Waals surface area (Å²) in [5.41, 5.74) is -0.0279. The molecule has 0 unspecified atom stereocenters. The average molecular weight is 531 g/mol. The molecule has 2 aliphatic heterocycles. The van der Waals surface area contributed by atoms with E-state index in [0.29, 0.717) is 24.5 Å². The summed E-state index contributed by atoms with van der Waals surface area (Å²) in [6.45, 7) is 0.709. The van der Waals surface area contributed by atoms with Gasteiger partial charge < -0.3 is 19.8 Å². The van der Waals surface area contributed by atoms with E-state index in [9.17, 15) is 23.1 Å². The van der Waals surface area contributed by atoms with Crippen LogP contribution in [0.25, 0.3) is 11.4 Å². The number of aliphatic hydroxyl groups is 2. The Labute approximate surface area is 214 Å². The number of aliphatic hydroxyl groups excluding tert-OH is 2. The van der Waals surface area contributed by atoms with E-state index in [0.717, 1.165) is 25.1 Å². The predicted octanol–water partition coefficient (Wildman–Crippen LogP) is 2.71. The van der Waals surface area contributed by atoms with Gasteiger partial charge in [-0.05, 0) is 25.0 Å². The van der Waals surface area contributed by atoms with Crippen molar-refractivity contribution < 1.29 is 32.9 Å². The number of carbonyl (C=O) groups excluding carboxylic acids is 1. The number of amides is 2. The van der Waals surface area contributed by atoms with Gasteiger partial charge in [0.05, 0.1) is 42.5 Å². The monoisotopic (exact) mass is 531 g/mol. The second-order valence-electron chi connectivity index (χ2n) is 8.91. The molecule has 0 spiro atoms. The standard InChI is InChI=1S/C24H24F3N7O4/c25-24(26,27)15-4-1-3-14(7-15)20-28-10-19-21(31-20)34(16-5-2-6-33(19)11-16)23(37)32-22-29-8-18(9-30-22)38-13-17(36)12-35/h1,3-4,7-10,16-17,35-36H,2,5-6,11-13H2,(H,29,30,32,37)/t16-,17-/m0/s1. The maximum Gasteiger partial charge on any atom is 0.416 e. The van der Waals surface area contributed by atoms with E-state index in [1.165, 1.54) is 35.6 Å². The van der Waals surface area contributed by atoms with Crippen molar-refractivity contribution in [2.45, 2.75) is 31.2 Å². The van der Waals surface area contributed by atoms with Crippen LogP contribution in [-0.2, 0) is 6.18 Å². The Hall–Kier alpha value is -4.04. The highest BCUT2D eigenvalue weighted by atomic mass is 19.4. The average Bonchev–Trinajstić information content (AvgIpc) is 2.92.